The van der Waals surface area contributed by atoms with E-state index in [2.05, 4.69) is 0 Å². The number of hydrogen-bond donors (Lipinski definition) is 0. The van der Waals surface area contributed by atoms with E-state index in [1.165, 1.54) is 21.0 Å². The Balaban J connectivity index is 2.89. The second-order valence-electron chi connectivity index (χ2n) is 4.45. The lowest BCUT2D eigenvalue weighted by Gasteiger charge is -2.42. The van der Waals surface area contributed by atoms with Crippen molar-refractivity contribution >= 4 is 11.9 Å². The Morgan fingerprint density at radius 1 is 1.00 bits per heavy atom. The highest BCUT2D eigenvalue weighted by molar-refractivity contribution is 5.67. The number of ether oxygens (including phenoxy) is 4. The molecule has 0 radical (unpaired) electrons. The maximum Gasteiger partial charge on any atom is 0.303 e. The van der Waals surface area contributed by atoms with Crippen LogP contribution in [0.4, 0.5) is 0 Å². The van der Waals surface area contributed by atoms with Crippen LogP contribution in [0.2, 0.25) is 0 Å². The van der Waals surface area contributed by atoms with Gasteiger partial charge in [-0.25, -0.2) is 0 Å². The minimum Gasteiger partial charge on any atom is -0.458 e. The van der Waals surface area contributed by atoms with E-state index < -0.39 is 36.5 Å². The Hall–Kier alpha value is -1.14. The molecule has 18 heavy (non-hydrogen) atoms. The molecule has 1 heterocycles. The van der Waals surface area contributed by atoms with Gasteiger partial charge in [-0.15, -0.1) is 0 Å². The summed E-state index contributed by atoms with van der Waals surface area (Å²) in [4.78, 5) is 22.2. The fourth-order valence-electron chi connectivity index (χ4n) is 2.12. The number of methoxy groups -OCH3 is 1. The SMILES string of the molecule is CO[C@@H]1O[C@@H](C)[C@@H](OC(C)=O)[C@@H](OC(C)=O)[C@@H]1C. The van der Waals surface area contributed by atoms with Crippen LogP contribution in [-0.2, 0) is 28.5 Å². The van der Waals surface area contributed by atoms with Crippen LogP contribution in [0.1, 0.15) is 27.7 Å². The quantitative estimate of drug-likeness (QED) is 0.701. The standard InChI is InChI=1S/C12H20O6/c1-6-10(17-8(3)13)11(18-9(4)14)7(2)16-12(6)15-5/h6-7,10-12H,1-5H3/t6-,7-,10-,11+,12+/m0/s1. The summed E-state index contributed by atoms with van der Waals surface area (Å²) in [5, 5.41) is 0. The van der Waals surface area contributed by atoms with E-state index in [1.807, 2.05) is 6.92 Å². The number of esters is 2. The second kappa shape index (κ2) is 6.15. The third kappa shape index (κ3) is 3.43. The van der Waals surface area contributed by atoms with Gasteiger partial charge in [-0.05, 0) is 6.92 Å². The Morgan fingerprint density at radius 2 is 1.50 bits per heavy atom. The molecular weight excluding hydrogens is 240 g/mol. The zero-order valence-electron chi connectivity index (χ0n) is 11.3. The molecule has 1 aliphatic heterocycles. The molecule has 0 aliphatic carbocycles. The third-order valence-corrected chi connectivity index (χ3v) is 2.92. The molecular formula is C12H20O6. The van der Waals surface area contributed by atoms with Crippen LogP contribution in [0.25, 0.3) is 0 Å². The molecule has 0 aromatic rings. The van der Waals surface area contributed by atoms with Crippen molar-refractivity contribution in [3.8, 4) is 0 Å². The Labute approximate surface area is 107 Å². The first-order valence-corrected chi connectivity index (χ1v) is 5.89. The first-order chi connectivity index (χ1) is 8.36. The largest absolute Gasteiger partial charge is 0.458 e. The summed E-state index contributed by atoms with van der Waals surface area (Å²) in [5.74, 6) is -1.08. The lowest BCUT2D eigenvalue weighted by molar-refractivity contribution is -0.272. The highest BCUT2D eigenvalue weighted by Gasteiger charge is 2.46. The summed E-state index contributed by atoms with van der Waals surface area (Å²) in [5.41, 5.74) is 0. The van der Waals surface area contributed by atoms with E-state index in [0.29, 0.717) is 0 Å². The van der Waals surface area contributed by atoms with Crippen LogP contribution in [0.15, 0.2) is 0 Å². The molecule has 1 fully saturated rings. The summed E-state index contributed by atoms with van der Waals surface area (Å²) < 4.78 is 21.2. The molecule has 1 rings (SSSR count). The second-order valence-corrected chi connectivity index (χ2v) is 4.45. The molecule has 0 spiro atoms. The first-order valence-electron chi connectivity index (χ1n) is 5.89. The average Bonchev–Trinajstić information content (AvgIpc) is 2.27. The molecule has 5 atom stereocenters. The van der Waals surface area contributed by atoms with Crippen molar-refractivity contribution in [3.05, 3.63) is 0 Å². The van der Waals surface area contributed by atoms with E-state index in [4.69, 9.17) is 18.9 Å². The highest BCUT2D eigenvalue weighted by Crippen LogP contribution is 2.30. The predicted molar refractivity (Wildman–Crippen MR) is 61.6 cm³/mol. The van der Waals surface area contributed by atoms with Crippen molar-refractivity contribution in [2.45, 2.75) is 52.3 Å². The number of hydrogen-bond acceptors (Lipinski definition) is 6. The van der Waals surface area contributed by atoms with Crippen molar-refractivity contribution in [1.82, 2.24) is 0 Å². The molecule has 6 heteroatoms. The molecule has 0 amide bonds. The Bertz CT molecular complexity index is 316. The maximum absolute atomic E-state index is 11.1. The molecule has 1 saturated heterocycles. The van der Waals surface area contributed by atoms with Gasteiger partial charge in [0.15, 0.2) is 12.4 Å². The van der Waals surface area contributed by atoms with Crippen LogP contribution >= 0.6 is 0 Å². The molecule has 6 nitrogen and oxygen atoms in total. The fraction of sp³-hybridized carbons (Fsp3) is 0.833. The lowest BCUT2D eigenvalue weighted by Crippen LogP contribution is -2.56. The summed E-state index contributed by atoms with van der Waals surface area (Å²) in [7, 11) is 1.52. The van der Waals surface area contributed by atoms with Gasteiger partial charge < -0.3 is 18.9 Å². The van der Waals surface area contributed by atoms with Gasteiger partial charge in [0.05, 0.1) is 6.10 Å². The van der Waals surface area contributed by atoms with Gasteiger partial charge in [-0.3, -0.25) is 9.59 Å². The van der Waals surface area contributed by atoms with Crippen molar-refractivity contribution < 1.29 is 28.5 Å². The predicted octanol–water partition coefficient (Wildman–Crippen LogP) is 0.877. The molecule has 0 bridgehead atoms. The van der Waals surface area contributed by atoms with E-state index in [9.17, 15) is 9.59 Å². The minimum absolute atomic E-state index is 0.223. The van der Waals surface area contributed by atoms with E-state index in [-0.39, 0.29) is 5.92 Å². The summed E-state index contributed by atoms with van der Waals surface area (Å²) in [6, 6.07) is 0. The van der Waals surface area contributed by atoms with Gasteiger partial charge in [-0.2, -0.15) is 0 Å². The highest BCUT2D eigenvalue weighted by atomic mass is 16.7. The van der Waals surface area contributed by atoms with Crippen molar-refractivity contribution in [3.63, 3.8) is 0 Å². The molecule has 0 aromatic carbocycles. The van der Waals surface area contributed by atoms with Crippen molar-refractivity contribution in [2.24, 2.45) is 5.92 Å². The fourth-order valence-corrected chi connectivity index (χ4v) is 2.12. The molecule has 0 saturated carbocycles. The van der Waals surface area contributed by atoms with Crippen LogP contribution in [0.5, 0.6) is 0 Å². The van der Waals surface area contributed by atoms with Gasteiger partial charge in [0.25, 0.3) is 0 Å². The number of rotatable bonds is 3. The van der Waals surface area contributed by atoms with E-state index >= 15 is 0 Å². The van der Waals surface area contributed by atoms with Crippen molar-refractivity contribution in [2.75, 3.05) is 7.11 Å². The lowest BCUT2D eigenvalue weighted by atomic mass is 9.92. The number of carbonyl (C=O) groups is 2. The maximum atomic E-state index is 11.1. The molecule has 0 aromatic heterocycles. The summed E-state index contributed by atoms with van der Waals surface area (Å²) in [6.07, 6.45) is -2.08. The molecule has 0 N–H and O–H groups in total. The molecule has 1 aliphatic rings. The monoisotopic (exact) mass is 260 g/mol. The van der Waals surface area contributed by atoms with Crippen LogP contribution in [-0.4, -0.2) is 43.7 Å². The Kier molecular flexibility index (Phi) is 5.10. The molecule has 0 unspecified atom stereocenters. The number of carbonyl (C=O) groups excluding carboxylic acids is 2. The normalized spacial score (nSPS) is 35.9. The van der Waals surface area contributed by atoms with Gasteiger partial charge in [0.2, 0.25) is 0 Å². The zero-order valence-corrected chi connectivity index (χ0v) is 11.3. The van der Waals surface area contributed by atoms with Gasteiger partial charge >= 0.3 is 11.9 Å². The topological polar surface area (TPSA) is 71.1 Å². The summed E-state index contributed by atoms with van der Waals surface area (Å²) in [6.45, 7) is 6.20. The van der Waals surface area contributed by atoms with Crippen LogP contribution in [0, 0.1) is 5.92 Å². The molecule has 104 valence electrons. The minimum atomic E-state index is -0.618. The van der Waals surface area contributed by atoms with E-state index in [0.717, 1.165) is 0 Å². The average molecular weight is 260 g/mol. The van der Waals surface area contributed by atoms with Gasteiger partial charge in [0.1, 0.15) is 6.10 Å². The zero-order chi connectivity index (χ0) is 13.9. The van der Waals surface area contributed by atoms with Gasteiger partial charge in [0, 0.05) is 26.9 Å². The van der Waals surface area contributed by atoms with Crippen LogP contribution in [0.3, 0.4) is 0 Å². The van der Waals surface area contributed by atoms with Crippen LogP contribution < -0.4 is 0 Å². The van der Waals surface area contributed by atoms with Crippen molar-refractivity contribution in [1.29, 1.82) is 0 Å². The third-order valence-electron chi connectivity index (χ3n) is 2.92. The van der Waals surface area contributed by atoms with Gasteiger partial charge in [-0.1, -0.05) is 6.92 Å². The Morgan fingerprint density at radius 3 is 1.94 bits per heavy atom. The first kappa shape index (κ1) is 14.9. The smallest absolute Gasteiger partial charge is 0.303 e. The van der Waals surface area contributed by atoms with E-state index in [1.54, 1.807) is 6.92 Å². The summed E-state index contributed by atoms with van der Waals surface area (Å²) >= 11 is 0.